The second kappa shape index (κ2) is 5.09. The van der Waals surface area contributed by atoms with Crippen LogP contribution < -0.4 is 11.5 Å². The van der Waals surface area contributed by atoms with Crippen molar-refractivity contribution in [3.8, 4) is 0 Å². The van der Waals surface area contributed by atoms with E-state index < -0.39 is 0 Å². The van der Waals surface area contributed by atoms with Gasteiger partial charge >= 0.3 is 0 Å². The van der Waals surface area contributed by atoms with Crippen molar-refractivity contribution < 1.29 is 0 Å². The smallest absolute Gasteiger partial charge is 0.0954 e. The number of hydrogen-bond donors (Lipinski definition) is 2. The molecule has 4 N–H and O–H groups in total. The van der Waals surface area contributed by atoms with Crippen LogP contribution in [0.15, 0.2) is 67.3 Å². The number of rotatable bonds is 3. The maximum atomic E-state index is 5.94. The van der Waals surface area contributed by atoms with Crippen LogP contribution >= 0.6 is 0 Å². The third kappa shape index (κ3) is 2.23. The average Bonchev–Trinajstić information content (AvgIpc) is 2.98. The molecule has 0 amide bonds. The van der Waals surface area contributed by atoms with E-state index in [1.165, 1.54) is 5.56 Å². The Morgan fingerprint density at radius 2 is 1.70 bits per heavy atom. The fourth-order valence-corrected chi connectivity index (χ4v) is 2.36. The van der Waals surface area contributed by atoms with Gasteiger partial charge in [0.1, 0.15) is 0 Å². The zero-order chi connectivity index (χ0) is 13.9. The van der Waals surface area contributed by atoms with E-state index >= 15 is 0 Å². The van der Waals surface area contributed by atoms with Crippen LogP contribution in [0.1, 0.15) is 17.2 Å². The van der Waals surface area contributed by atoms with Gasteiger partial charge in [0.2, 0.25) is 0 Å². The zero-order valence-electron chi connectivity index (χ0n) is 11.0. The second-order valence-electron chi connectivity index (χ2n) is 4.71. The van der Waals surface area contributed by atoms with Gasteiger partial charge in [-0.15, -0.1) is 0 Å². The van der Waals surface area contributed by atoms with Crippen LogP contribution in [0.2, 0.25) is 0 Å². The predicted octanol–water partition coefficient (Wildman–Crippen LogP) is 2.69. The second-order valence-corrected chi connectivity index (χ2v) is 4.71. The van der Waals surface area contributed by atoms with Gasteiger partial charge in [-0.2, -0.15) is 0 Å². The lowest BCUT2D eigenvalue weighted by Gasteiger charge is -2.20. The summed E-state index contributed by atoms with van der Waals surface area (Å²) >= 11 is 0. The predicted molar refractivity (Wildman–Crippen MR) is 81.2 cm³/mol. The lowest BCUT2D eigenvalue weighted by atomic mass is 9.97. The molecule has 20 heavy (non-hydrogen) atoms. The minimum absolute atomic E-state index is 0.0431. The molecular formula is C16H16N4. The summed E-state index contributed by atoms with van der Waals surface area (Å²) in [6.45, 7) is 0. The van der Waals surface area contributed by atoms with Gasteiger partial charge in [0, 0.05) is 12.4 Å². The molecule has 1 unspecified atom stereocenters. The SMILES string of the molecule is Nc1ccc(C(c2ccccc2)n2ccnc2)cc1N. The molecule has 0 bridgehead atoms. The van der Waals surface area contributed by atoms with Gasteiger partial charge in [-0.05, 0) is 23.3 Å². The van der Waals surface area contributed by atoms with Gasteiger partial charge in [0.05, 0.1) is 23.7 Å². The van der Waals surface area contributed by atoms with Crippen molar-refractivity contribution in [3.05, 3.63) is 78.4 Å². The molecular weight excluding hydrogens is 248 g/mol. The average molecular weight is 264 g/mol. The standard InChI is InChI=1S/C16H16N4/c17-14-7-6-13(10-15(14)18)16(20-9-8-19-11-20)12-4-2-1-3-5-12/h1-11,16H,17-18H2. The Balaban J connectivity index is 2.13. The van der Waals surface area contributed by atoms with E-state index in [0.717, 1.165) is 5.56 Å². The van der Waals surface area contributed by atoms with Gasteiger partial charge in [-0.25, -0.2) is 4.98 Å². The van der Waals surface area contributed by atoms with Gasteiger partial charge in [-0.3, -0.25) is 0 Å². The molecule has 0 aliphatic rings. The third-order valence-corrected chi connectivity index (χ3v) is 3.36. The van der Waals surface area contributed by atoms with E-state index in [-0.39, 0.29) is 6.04 Å². The highest BCUT2D eigenvalue weighted by atomic mass is 15.1. The number of aromatic nitrogens is 2. The molecule has 4 nitrogen and oxygen atoms in total. The summed E-state index contributed by atoms with van der Waals surface area (Å²) in [5.41, 5.74) is 15.2. The number of nitrogens with two attached hydrogens (primary N) is 2. The number of nitrogens with zero attached hydrogens (tertiary/aromatic N) is 2. The highest BCUT2D eigenvalue weighted by Crippen LogP contribution is 2.29. The lowest BCUT2D eigenvalue weighted by molar-refractivity contribution is 0.677. The van der Waals surface area contributed by atoms with E-state index in [4.69, 9.17) is 11.5 Å². The van der Waals surface area contributed by atoms with E-state index in [1.54, 1.807) is 6.20 Å². The molecule has 0 aliphatic heterocycles. The molecule has 0 saturated heterocycles. The van der Waals surface area contributed by atoms with E-state index in [2.05, 4.69) is 21.7 Å². The molecule has 3 rings (SSSR count). The molecule has 2 aromatic carbocycles. The molecule has 0 aliphatic carbocycles. The first-order valence-electron chi connectivity index (χ1n) is 6.43. The number of benzene rings is 2. The Labute approximate surface area is 117 Å². The van der Waals surface area contributed by atoms with Crippen LogP contribution in [0, 0.1) is 0 Å². The molecule has 3 aromatic rings. The zero-order valence-corrected chi connectivity index (χ0v) is 11.0. The van der Waals surface area contributed by atoms with Crippen LogP contribution in [0.4, 0.5) is 11.4 Å². The first-order chi connectivity index (χ1) is 9.75. The largest absolute Gasteiger partial charge is 0.397 e. The van der Waals surface area contributed by atoms with Crippen LogP contribution in [0.25, 0.3) is 0 Å². The summed E-state index contributed by atoms with van der Waals surface area (Å²) in [4.78, 5) is 4.14. The van der Waals surface area contributed by atoms with Gasteiger partial charge in [-0.1, -0.05) is 36.4 Å². The molecule has 4 heteroatoms. The molecule has 0 fully saturated rings. The maximum Gasteiger partial charge on any atom is 0.0954 e. The van der Waals surface area contributed by atoms with Crippen molar-refractivity contribution in [1.29, 1.82) is 0 Å². The van der Waals surface area contributed by atoms with E-state index in [0.29, 0.717) is 11.4 Å². The van der Waals surface area contributed by atoms with E-state index in [9.17, 15) is 0 Å². The summed E-state index contributed by atoms with van der Waals surface area (Å²) in [5, 5.41) is 0. The molecule has 0 radical (unpaired) electrons. The van der Waals surface area contributed by atoms with Crippen LogP contribution in [0.5, 0.6) is 0 Å². The summed E-state index contributed by atoms with van der Waals surface area (Å²) in [7, 11) is 0. The van der Waals surface area contributed by atoms with Crippen molar-refractivity contribution in [2.75, 3.05) is 11.5 Å². The molecule has 1 atom stereocenters. The molecule has 0 saturated carbocycles. The van der Waals surface area contributed by atoms with Crippen LogP contribution in [-0.2, 0) is 0 Å². The van der Waals surface area contributed by atoms with Crippen LogP contribution in [0.3, 0.4) is 0 Å². The molecule has 1 heterocycles. The highest BCUT2D eigenvalue weighted by Gasteiger charge is 2.16. The summed E-state index contributed by atoms with van der Waals surface area (Å²) in [6, 6.07) is 16.1. The Hall–Kier alpha value is -2.75. The first kappa shape index (κ1) is 12.3. The van der Waals surface area contributed by atoms with Crippen molar-refractivity contribution in [2.45, 2.75) is 6.04 Å². The van der Waals surface area contributed by atoms with E-state index in [1.807, 2.05) is 48.9 Å². The minimum Gasteiger partial charge on any atom is -0.397 e. The van der Waals surface area contributed by atoms with Crippen molar-refractivity contribution in [3.63, 3.8) is 0 Å². The van der Waals surface area contributed by atoms with Crippen molar-refractivity contribution >= 4 is 11.4 Å². The molecule has 0 spiro atoms. The topological polar surface area (TPSA) is 69.9 Å². The van der Waals surface area contributed by atoms with Crippen molar-refractivity contribution in [1.82, 2.24) is 9.55 Å². The highest BCUT2D eigenvalue weighted by molar-refractivity contribution is 5.64. The lowest BCUT2D eigenvalue weighted by Crippen LogP contribution is -2.11. The third-order valence-electron chi connectivity index (χ3n) is 3.36. The summed E-state index contributed by atoms with van der Waals surface area (Å²) in [5.74, 6) is 0. The monoisotopic (exact) mass is 264 g/mol. The maximum absolute atomic E-state index is 5.94. The number of hydrogen-bond acceptors (Lipinski definition) is 3. The Kier molecular flexibility index (Phi) is 3.13. The Morgan fingerprint density at radius 3 is 2.35 bits per heavy atom. The quantitative estimate of drug-likeness (QED) is 0.714. The number of nitrogen functional groups attached to an aromatic ring is 2. The summed E-state index contributed by atoms with van der Waals surface area (Å²) < 4.78 is 2.06. The molecule has 100 valence electrons. The van der Waals surface area contributed by atoms with Crippen LogP contribution in [-0.4, -0.2) is 9.55 Å². The number of imidazole rings is 1. The minimum atomic E-state index is 0.0431. The fraction of sp³-hybridized carbons (Fsp3) is 0.0625. The van der Waals surface area contributed by atoms with Gasteiger partial charge in [0.15, 0.2) is 0 Å². The van der Waals surface area contributed by atoms with Gasteiger partial charge < -0.3 is 16.0 Å². The summed E-state index contributed by atoms with van der Waals surface area (Å²) in [6.07, 6.45) is 5.53. The molecule has 1 aromatic heterocycles. The Bertz CT molecular complexity index is 690. The number of anilines is 2. The first-order valence-corrected chi connectivity index (χ1v) is 6.43. The van der Waals surface area contributed by atoms with Crippen molar-refractivity contribution in [2.24, 2.45) is 0 Å². The Morgan fingerprint density at radius 1 is 0.900 bits per heavy atom. The fourth-order valence-electron chi connectivity index (χ4n) is 2.36. The normalized spacial score (nSPS) is 12.2. The van der Waals surface area contributed by atoms with Gasteiger partial charge in [0.25, 0.3) is 0 Å².